The minimum atomic E-state index is -1.33. The summed E-state index contributed by atoms with van der Waals surface area (Å²) in [5.74, 6) is -0.327. The molecule has 0 radical (unpaired) electrons. The number of amidine groups is 1. The highest BCUT2D eigenvalue weighted by molar-refractivity contribution is 7.93. The van der Waals surface area contributed by atoms with E-state index >= 15 is 0 Å². The van der Waals surface area contributed by atoms with Gasteiger partial charge >= 0.3 is 0 Å². The van der Waals surface area contributed by atoms with Gasteiger partial charge in [0.15, 0.2) is 23.0 Å². The SMILES string of the molecule is CC1(C)C(N)=NC(c2cc(/C=C(\F)c3cnc(OCc4ncco4)cn3)ccc2F)C[S+]1[O-]. The topological polar surface area (TPSA) is 122 Å². The molecule has 2 aromatic heterocycles. The standard InChI is InChI=1S/C22H21F2N5O3S/c1-22(2)21(25)29-18(12-33(22)30)14-7-13(3-4-15(14)23)8-16(24)17-9-28-19(10-27-17)32-11-20-26-5-6-31-20/h3-10,18H,11-12H2,1-2H3,(H2,25,29)/b16-8-. The molecule has 4 rings (SSSR count). The Morgan fingerprint density at radius 1 is 1.33 bits per heavy atom. The summed E-state index contributed by atoms with van der Waals surface area (Å²) in [6.07, 6.45) is 6.61. The van der Waals surface area contributed by atoms with Crippen LogP contribution < -0.4 is 10.5 Å². The van der Waals surface area contributed by atoms with E-state index in [0.29, 0.717) is 11.5 Å². The first kappa shape index (κ1) is 22.9. The Labute approximate surface area is 191 Å². The molecule has 0 amide bonds. The molecule has 0 saturated carbocycles. The van der Waals surface area contributed by atoms with Crippen molar-refractivity contribution in [3.05, 3.63) is 71.6 Å². The lowest BCUT2D eigenvalue weighted by molar-refractivity contribution is 0.252. The zero-order valence-electron chi connectivity index (χ0n) is 17.9. The summed E-state index contributed by atoms with van der Waals surface area (Å²) in [7, 11) is 0. The second-order valence-corrected chi connectivity index (χ2v) is 9.83. The molecule has 11 heteroatoms. The Hall–Kier alpha value is -3.31. The zero-order valence-corrected chi connectivity index (χ0v) is 18.7. The van der Waals surface area contributed by atoms with Gasteiger partial charge in [0.1, 0.15) is 29.6 Å². The summed E-state index contributed by atoms with van der Waals surface area (Å²) in [5, 5.41) is 0. The summed E-state index contributed by atoms with van der Waals surface area (Å²) >= 11 is -1.33. The van der Waals surface area contributed by atoms with Crippen molar-refractivity contribution in [2.45, 2.75) is 31.2 Å². The number of hydrogen-bond acceptors (Lipinski definition) is 8. The predicted molar refractivity (Wildman–Crippen MR) is 120 cm³/mol. The third-order valence-corrected chi connectivity index (χ3v) is 7.13. The molecule has 0 saturated heterocycles. The molecule has 3 aromatic rings. The van der Waals surface area contributed by atoms with Crippen LogP contribution in [0.25, 0.3) is 11.9 Å². The van der Waals surface area contributed by atoms with Crippen molar-refractivity contribution in [2.75, 3.05) is 5.75 Å². The Kier molecular flexibility index (Phi) is 6.43. The first-order valence-electron chi connectivity index (χ1n) is 9.96. The van der Waals surface area contributed by atoms with E-state index in [1.807, 2.05) is 0 Å². The maximum atomic E-state index is 14.8. The molecule has 1 aromatic carbocycles. The molecular formula is C22H21F2N5O3S. The van der Waals surface area contributed by atoms with Gasteiger partial charge in [0.25, 0.3) is 0 Å². The molecule has 2 atom stereocenters. The Morgan fingerprint density at radius 3 is 2.82 bits per heavy atom. The fourth-order valence-electron chi connectivity index (χ4n) is 3.09. The van der Waals surface area contributed by atoms with Crippen LogP contribution in [0.1, 0.15) is 42.6 Å². The normalized spacial score (nSPS) is 20.4. The van der Waals surface area contributed by atoms with Crippen LogP contribution in [0.5, 0.6) is 5.88 Å². The van der Waals surface area contributed by atoms with Gasteiger partial charge in [0.2, 0.25) is 11.8 Å². The van der Waals surface area contributed by atoms with Crippen molar-refractivity contribution in [1.82, 2.24) is 15.0 Å². The number of nitrogens with two attached hydrogens (primary N) is 1. The molecule has 0 spiro atoms. The number of aliphatic imine (C=N–C) groups is 1. The van der Waals surface area contributed by atoms with E-state index in [2.05, 4.69) is 19.9 Å². The number of ether oxygens (including phenoxy) is 1. The highest BCUT2D eigenvalue weighted by Crippen LogP contribution is 2.33. The summed E-state index contributed by atoms with van der Waals surface area (Å²) in [6.45, 7) is 3.52. The molecule has 8 nitrogen and oxygen atoms in total. The first-order chi connectivity index (χ1) is 15.7. The van der Waals surface area contributed by atoms with E-state index in [9.17, 15) is 13.3 Å². The summed E-state index contributed by atoms with van der Waals surface area (Å²) < 4.78 is 51.5. The zero-order chi connectivity index (χ0) is 23.6. The van der Waals surface area contributed by atoms with E-state index in [-0.39, 0.29) is 35.3 Å². The number of halogens is 2. The van der Waals surface area contributed by atoms with Gasteiger partial charge in [0, 0.05) is 5.56 Å². The van der Waals surface area contributed by atoms with Crippen molar-refractivity contribution >= 4 is 28.9 Å². The second kappa shape index (κ2) is 9.28. The van der Waals surface area contributed by atoms with Crippen LogP contribution in [0.15, 0.2) is 52.5 Å². The van der Waals surface area contributed by atoms with Crippen LogP contribution in [-0.2, 0) is 17.8 Å². The lowest BCUT2D eigenvalue weighted by atomic mass is 10.0. The lowest BCUT2D eigenvalue weighted by Crippen LogP contribution is -2.50. The molecule has 2 unspecified atom stereocenters. The Morgan fingerprint density at radius 2 is 2.15 bits per heavy atom. The molecule has 33 heavy (non-hydrogen) atoms. The van der Waals surface area contributed by atoms with Crippen LogP contribution in [-0.4, -0.2) is 35.8 Å². The average Bonchev–Trinajstić information content (AvgIpc) is 3.31. The quantitative estimate of drug-likeness (QED) is 0.543. The van der Waals surface area contributed by atoms with Crippen LogP contribution in [0.4, 0.5) is 8.78 Å². The minimum absolute atomic E-state index is 0.0212. The lowest BCUT2D eigenvalue weighted by Gasteiger charge is -2.34. The smallest absolute Gasteiger partial charge is 0.232 e. The van der Waals surface area contributed by atoms with E-state index in [1.165, 1.54) is 49.1 Å². The van der Waals surface area contributed by atoms with Gasteiger partial charge in [-0.05, 0) is 48.8 Å². The number of aromatic nitrogens is 3. The molecule has 0 bridgehead atoms. The van der Waals surface area contributed by atoms with Crippen LogP contribution in [0.2, 0.25) is 0 Å². The molecule has 3 heterocycles. The van der Waals surface area contributed by atoms with Gasteiger partial charge in [-0.1, -0.05) is 6.07 Å². The van der Waals surface area contributed by atoms with Gasteiger partial charge in [-0.2, -0.15) is 0 Å². The molecule has 0 fully saturated rings. The molecule has 1 aliphatic rings. The molecule has 172 valence electrons. The Balaban J connectivity index is 1.51. The predicted octanol–water partition coefficient (Wildman–Crippen LogP) is 3.59. The molecule has 2 N–H and O–H groups in total. The third-order valence-electron chi connectivity index (χ3n) is 5.16. The summed E-state index contributed by atoms with van der Waals surface area (Å²) in [4.78, 5) is 16.3. The minimum Gasteiger partial charge on any atom is -0.616 e. The summed E-state index contributed by atoms with van der Waals surface area (Å²) in [6, 6.07) is 3.40. The Bertz CT molecular complexity index is 1180. The van der Waals surface area contributed by atoms with Gasteiger partial charge in [-0.25, -0.2) is 23.7 Å². The van der Waals surface area contributed by atoms with Crippen molar-refractivity contribution in [1.29, 1.82) is 0 Å². The number of oxazole rings is 1. The monoisotopic (exact) mass is 473 g/mol. The fourth-order valence-corrected chi connectivity index (χ4v) is 4.33. The second-order valence-electron chi connectivity index (χ2n) is 7.78. The maximum Gasteiger partial charge on any atom is 0.232 e. The average molecular weight is 474 g/mol. The number of hydrogen-bond donors (Lipinski definition) is 1. The molecule has 1 aliphatic heterocycles. The van der Waals surface area contributed by atoms with Gasteiger partial charge < -0.3 is 19.4 Å². The van der Waals surface area contributed by atoms with Crippen LogP contribution >= 0.6 is 0 Å². The number of rotatable bonds is 6. The highest BCUT2D eigenvalue weighted by Gasteiger charge is 2.42. The van der Waals surface area contributed by atoms with Crippen molar-refractivity contribution in [3.8, 4) is 5.88 Å². The van der Waals surface area contributed by atoms with Gasteiger partial charge in [-0.15, -0.1) is 0 Å². The van der Waals surface area contributed by atoms with Gasteiger partial charge in [-0.3, -0.25) is 4.99 Å². The number of nitrogens with zero attached hydrogens (tertiary/aromatic N) is 4. The largest absolute Gasteiger partial charge is 0.616 e. The van der Waals surface area contributed by atoms with Gasteiger partial charge in [0.05, 0.1) is 18.6 Å². The van der Waals surface area contributed by atoms with E-state index in [0.717, 1.165) is 0 Å². The van der Waals surface area contributed by atoms with Crippen molar-refractivity contribution in [3.63, 3.8) is 0 Å². The highest BCUT2D eigenvalue weighted by atomic mass is 32.2. The van der Waals surface area contributed by atoms with Crippen LogP contribution in [0, 0.1) is 5.82 Å². The molecule has 0 aliphatic carbocycles. The fraction of sp³-hybridized carbons (Fsp3) is 0.273. The van der Waals surface area contributed by atoms with E-state index in [1.54, 1.807) is 13.8 Å². The first-order valence-corrected chi connectivity index (χ1v) is 11.3. The van der Waals surface area contributed by atoms with Crippen LogP contribution in [0.3, 0.4) is 0 Å². The van der Waals surface area contributed by atoms with Crippen molar-refractivity contribution < 1.29 is 22.5 Å². The van der Waals surface area contributed by atoms with Crippen molar-refractivity contribution in [2.24, 2.45) is 10.7 Å². The maximum absolute atomic E-state index is 14.8. The number of benzene rings is 1. The van der Waals surface area contributed by atoms with E-state index in [4.69, 9.17) is 14.9 Å². The van der Waals surface area contributed by atoms with E-state index < -0.39 is 33.6 Å². The third kappa shape index (κ3) is 5.04. The molecular weight excluding hydrogens is 452 g/mol. The summed E-state index contributed by atoms with van der Waals surface area (Å²) in [5.41, 5.74) is 6.53.